The molecule has 3 rings (SSSR count). The van der Waals surface area contributed by atoms with Crippen LogP contribution in [0.1, 0.15) is 18.1 Å². The molecule has 0 bridgehead atoms. The van der Waals surface area contributed by atoms with Crippen LogP contribution in [0.3, 0.4) is 0 Å². The molecule has 2 aromatic carbocycles. The molecule has 26 heavy (non-hydrogen) atoms. The number of pyridine rings is 1. The van der Waals surface area contributed by atoms with Crippen LogP contribution < -0.4 is 10.5 Å². The second-order valence-corrected chi connectivity index (χ2v) is 5.55. The Bertz CT molecular complexity index is 1030. The quantitative estimate of drug-likeness (QED) is 0.770. The van der Waals surface area contributed by atoms with Crippen LogP contribution in [-0.2, 0) is 0 Å². The van der Waals surface area contributed by atoms with Gasteiger partial charge in [-0.3, -0.25) is 0 Å². The van der Waals surface area contributed by atoms with Gasteiger partial charge in [0, 0.05) is 16.7 Å². The normalized spacial score (nSPS) is 9.96. The molecule has 0 aliphatic heterocycles. The lowest BCUT2D eigenvalue weighted by molar-refractivity contribution is 0.341. The van der Waals surface area contributed by atoms with Crippen LogP contribution in [0.5, 0.6) is 5.75 Å². The molecule has 1 heterocycles. The van der Waals surface area contributed by atoms with E-state index >= 15 is 0 Å². The number of hydrogen-bond donors (Lipinski definition) is 1. The van der Waals surface area contributed by atoms with Crippen molar-refractivity contribution >= 4 is 5.82 Å². The number of anilines is 1. The first-order valence-electron chi connectivity index (χ1n) is 8.11. The van der Waals surface area contributed by atoms with E-state index in [0.29, 0.717) is 34.7 Å². The predicted molar refractivity (Wildman–Crippen MR) is 100 cm³/mol. The van der Waals surface area contributed by atoms with Gasteiger partial charge in [0.15, 0.2) is 0 Å². The van der Waals surface area contributed by atoms with Gasteiger partial charge >= 0.3 is 0 Å². The molecule has 126 valence electrons. The number of hydrogen-bond acceptors (Lipinski definition) is 5. The summed E-state index contributed by atoms with van der Waals surface area (Å²) in [5.74, 6) is 0.846. The number of nitrogen functional groups attached to an aromatic ring is 1. The van der Waals surface area contributed by atoms with E-state index in [0.717, 1.165) is 11.1 Å². The van der Waals surface area contributed by atoms with Crippen molar-refractivity contribution in [1.29, 1.82) is 10.5 Å². The fourth-order valence-electron chi connectivity index (χ4n) is 2.73. The summed E-state index contributed by atoms with van der Waals surface area (Å²) in [6.07, 6.45) is 0. The van der Waals surface area contributed by atoms with Gasteiger partial charge in [-0.25, -0.2) is 4.98 Å². The molecule has 0 saturated heterocycles. The van der Waals surface area contributed by atoms with Crippen molar-refractivity contribution in [2.45, 2.75) is 6.92 Å². The Kier molecular flexibility index (Phi) is 4.83. The highest BCUT2D eigenvalue weighted by molar-refractivity contribution is 5.83. The summed E-state index contributed by atoms with van der Waals surface area (Å²) < 4.78 is 5.70. The maximum absolute atomic E-state index is 9.56. The average Bonchev–Trinajstić information content (AvgIpc) is 2.68. The summed E-state index contributed by atoms with van der Waals surface area (Å²) in [6, 6.07) is 20.6. The van der Waals surface area contributed by atoms with Gasteiger partial charge in [0.1, 0.15) is 23.2 Å². The minimum absolute atomic E-state index is 0.163. The van der Waals surface area contributed by atoms with Gasteiger partial charge in [-0.05, 0) is 31.2 Å². The summed E-state index contributed by atoms with van der Waals surface area (Å²) in [7, 11) is 0. The van der Waals surface area contributed by atoms with Crippen LogP contribution in [0, 0.1) is 22.7 Å². The minimum atomic E-state index is 0.163. The van der Waals surface area contributed by atoms with Gasteiger partial charge in [0.25, 0.3) is 0 Å². The number of nitriles is 2. The first-order valence-corrected chi connectivity index (χ1v) is 8.11. The van der Waals surface area contributed by atoms with E-state index in [1.807, 2.05) is 49.4 Å². The number of nitrogens with two attached hydrogens (primary N) is 1. The molecule has 0 unspecified atom stereocenters. The maximum Gasteiger partial charge on any atom is 0.142 e. The van der Waals surface area contributed by atoms with Crippen molar-refractivity contribution in [2.75, 3.05) is 12.3 Å². The number of ether oxygens (including phenoxy) is 1. The molecular weight excluding hydrogens is 324 g/mol. The molecule has 5 nitrogen and oxygen atoms in total. The van der Waals surface area contributed by atoms with E-state index < -0.39 is 0 Å². The lowest BCUT2D eigenvalue weighted by Gasteiger charge is -2.14. The third-order valence-electron chi connectivity index (χ3n) is 3.95. The third kappa shape index (κ3) is 3.19. The second kappa shape index (κ2) is 7.38. The van der Waals surface area contributed by atoms with Gasteiger partial charge in [-0.15, -0.1) is 0 Å². The zero-order valence-corrected chi connectivity index (χ0v) is 14.2. The van der Waals surface area contributed by atoms with Crippen LogP contribution in [-0.4, -0.2) is 11.6 Å². The van der Waals surface area contributed by atoms with Crippen LogP contribution in [0.15, 0.2) is 54.6 Å². The lowest BCUT2D eigenvalue weighted by atomic mass is 9.97. The number of nitrogens with zero attached hydrogens (tertiary/aromatic N) is 3. The number of aromatic nitrogens is 1. The van der Waals surface area contributed by atoms with Crippen LogP contribution >= 0.6 is 0 Å². The highest BCUT2D eigenvalue weighted by Crippen LogP contribution is 2.36. The Morgan fingerprint density at radius 1 is 1.00 bits per heavy atom. The first-order chi connectivity index (χ1) is 12.7. The van der Waals surface area contributed by atoms with Crippen molar-refractivity contribution < 1.29 is 4.74 Å². The SMILES string of the molecule is CCOc1ccccc1-c1cc(-c2ccc(C#N)cc2)nc(N)c1C#N. The summed E-state index contributed by atoms with van der Waals surface area (Å²) in [4.78, 5) is 4.36. The Labute approximate surface area is 151 Å². The van der Waals surface area contributed by atoms with Crippen molar-refractivity contribution in [3.8, 4) is 40.3 Å². The van der Waals surface area contributed by atoms with Crippen molar-refractivity contribution in [1.82, 2.24) is 4.98 Å². The molecule has 0 amide bonds. The van der Waals surface area contributed by atoms with Gasteiger partial charge < -0.3 is 10.5 Å². The van der Waals surface area contributed by atoms with Crippen molar-refractivity contribution in [3.05, 3.63) is 65.7 Å². The van der Waals surface area contributed by atoms with E-state index in [2.05, 4.69) is 17.1 Å². The Morgan fingerprint density at radius 3 is 2.38 bits per heavy atom. The number of rotatable bonds is 4. The molecule has 0 radical (unpaired) electrons. The van der Waals surface area contributed by atoms with Gasteiger partial charge in [-0.1, -0.05) is 30.3 Å². The number of benzene rings is 2. The zero-order valence-electron chi connectivity index (χ0n) is 14.2. The molecule has 0 aliphatic carbocycles. The molecule has 2 N–H and O–H groups in total. The molecule has 0 atom stereocenters. The smallest absolute Gasteiger partial charge is 0.142 e. The van der Waals surface area contributed by atoms with E-state index in [9.17, 15) is 5.26 Å². The van der Waals surface area contributed by atoms with Gasteiger partial charge in [0.05, 0.1) is 23.9 Å². The molecule has 0 fully saturated rings. The van der Waals surface area contributed by atoms with Crippen LogP contribution in [0.2, 0.25) is 0 Å². The molecule has 5 heteroatoms. The first kappa shape index (κ1) is 17.0. The molecular formula is C21H16N4O. The summed E-state index contributed by atoms with van der Waals surface area (Å²) in [6.45, 7) is 2.42. The highest BCUT2D eigenvalue weighted by Gasteiger charge is 2.16. The molecule has 3 aromatic rings. The lowest BCUT2D eigenvalue weighted by Crippen LogP contribution is -2.01. The number of para-hydroxylation sites is 1. The fraction of sp³-hybridized carbons (Fsp3) is 0.0952. The van der Waals surface area contributed by atoms with E-state index in [1.165, 1.54) is 0 Å². The van der Waals surface area contributed by atoms with E-state index in [1.54, 1.807) is 12.1 Å². The van der Waals surface area contributed by atoms with Gasteiger partial charge in [0.2, 0.25) is 0 Å². The molecule has 0 spiro atoms. The zero-order chi connectivity index (χ0) is 18.5. The maximum atomic E-state index is 9.56. The second-order valence-electron chi connectivity index (χ2n) is 5.55. The standard InChI is InChI=1S/C21H16N4O/c1-2-26-20-6-4-3-5-16(20)17-11-19(25-21(24)18(17)13-23)15-9-7-14(12-22)8-10-15/h3-11H,2H2,1H3,(H2,24,25). The molecule has 1 aromatic heterocycles. The monoisotopic (exact) mass is 340 g/mol. The van der Waals surface area contributed by atoms with Crippen LogP contribution in [0.25, 0.3) is 22.4 Å². The summed E-state index contributed by atoms with van der Waals surface area (Å²) >= 11 is 0. The third-order valence-corrected chi connectivity index (χ3v) is 3.95. The van der Waals surface area contributed by atoms with Gasteiger partial charge in [-0.2, -0.15) is 10.5 Å². The predicted octanol–water partition coefficient (Wildman–Crippen LogP) is 4.14. The highest BCUT2D eigenvalue weighted by atomic mass is 16.5. The topological polar surface area (TPSA) is 95.7 Å². The molecule has 0 aliphatic rings. The largest absolute Gasteiger partial charge is 0.493 e. The van der Waals surface area contributed by atoms with Crippen molar-refractivity contribution in [3.63, 3.8) is 0 Å². The Balaban J connectivity index is 2.21. The summed E-state index contributed by atoms with van der Waals surface area (Å²) in [5.41, 5.74) is 9.85. The fourth-order valence-corrected chi connectivity index (χ4v) is 2.73. The minimum Gasteiger partial charge on any atom is -0.493 e. The summed E-state index contributed by atoms with van der Waals surface area (Å²) in [5, 5.41) is 18.5. The van der Waals surface area contributed by atoms with Crippen LogP contribution in [0.4, 0.5) is 5.82 Å². The molecule has 0 saturated carbocycles. The van der Waals surface area contributed by atoms with Crippen molar-refractivity contribution in [2.24, 2.45) is 0 Å². The van der Waals surface area contributed by atoms with E-state index in [4.69, 9.17) is 15.7 Å². The average molecular weight is 340 g/mol. The Hall–Kier alpha value is -3.83. The Morgan fingerprint density at radius 2 is 1.73 bits per heavy atom. The van der Waals surface area contributed by atoms with E-state index in [-0.39, 0.29) is 5.82 Å².